The van der Waals surface area contributed by atoms with E-state index in [0.29, 0.717) is 11.0 Å². The Morgan fingerprint density at radius 3 is 2.75 bits per heavy atom. The van der Waals surface area contributed by atoms with E-state index in [0.717, 1.165) is 16.8 Å². The molecular weight excluding hydrogens is 327 g/mol. The molecule has 2 aromatic rings. The summed E-state index contributed by atoms with van der Waals surface area (Å²) in [4.78, 5) is 10.4. The van der Waals surface area contributed by atoms with Gasteiger partial charge in [0, 0.05) is 18.3 Å². The topological polar surface area (TPSA) is 55.2 Å². The molecule has 2 aromatic carbocycles. The van der Waals surface area contributed by atoms with E-state index in [9.17, 15) is 14.5 Å². The van der Waals surface area contributed by atoms with Gasteiger partial charge in [0.1, 0.15) is 10.3 Å². The van der Waals surface area contributed by atoms with Crippen molar-refractivity contribution in [1.29, 1.82) is 0 Å². The number of halogens is 2. The summed E-state index contributed by atoms with van der Waals surface area (Å²) in [6.45, 7) is 2.21. The molecule has 0 amide bonds. The van der Waals surface area contributed by atoms with Crippen molar-refractivity contribution in [3.8, 4) is 0 Å². The van der Waals surface area contributed by atoms with Crippen LogP contribution in [0.2, 0.25) is 0 Å². The maximum atomic E-state index is 13.0. The van der Waals surface area contributed by atoms with Crippen LogP contribution in [0, 0.1) is 22.9 Å². The van der Waals surface area contributed by atoms with Gasteiger partial charge >= 0.3 is 0 Å². The van der Waals surface area contributed by atoms with E-state index >= 15 is 0 Å². The highest BCUT2D eigenvalue weighted by atomic mass is 79.9. The summed E-state index contributed by atoms with van der Waals surface area (Å²) in [6.07, 6.45) is 0. The lowest BCUT2D eigenvalue weighted by atomic mass is 10.1. The monoisotopic (exact) mass is 338 g/mol. The van der Waals surface area contributed by atoms with Gasteiger partial charge in [0.2, 0.25) is 0 Å². The van der Waals surface area contributed by atoms with Gasteiger partial charge in [-0.25, -0.2) is 4.39 Å². The van der Waals surface area contributed by atoms with E-state index in [-0.39, 0.29) is 11.5 Å². The average molecular weight is 339 g/mol. The first-order chi connectivity index (χ1) is 9.49. The number of nitrogens with zero attached hydrogens (tertiary/aromatic N) is 1. The van der Waals surface area contributed by atoms with E-state index in [4.69, 9.17) is 0 Å². The van der Waals surface area contributed by atoms with E-state index in [1.54, 1.807) is 25.1 Å². The number of nitro benzene ring substituents is 1. The molecule has 0 spiro atoms. The Labute approximate surface area is 123 Å². The van der Waals surface area contributed by atoms with Gasteiger partial charge in [0.05, 0.1) is 4.92 Å². The highest BCUT2D eigenvalue weighted by Gasteiger charge is 2.14. The molecule has 0 fully saturated rings. The zero-order chi connectivity index (χ0) is 14.7. The number of rotatable bonds is 4. The minimum absolute atomic E-state index is 0.0279. The highest BCUT2D eigenvalue weighted by Crippen LogP contribution is 2.29. The van der Waals surface area contributed by atoms with Crippen molar-refractivity contribution in [3.63, 3.8) is 0 Å². The van der Waals surface area contributed by atoms with Crippen LogP contribution in [0.3, 0.4) is 0 Å². The highest BCUT2D eigenvalue weighted by molar-refractivity contribution is 9.10. The van der Waals surface area contributed by atoms with E-state index in [2.05, 4.69) is 21.2 Å². The Hall–Kier alpha value is -1.95. The van der Waals surface area contributed by atoms with E-state index < -0.39 is 4.92 Å². The Bertz CT molecular complexity index is 662. The quantitative estimate of drug-likeness (QED) is 0.663. The third-order valence-corrected chi connectivity index (χ3v) is 3.83. The third kappa shape index (κ3) is 3.14. The second-order valence-corrected chi connectivity index (χ2v) is 5.11. The zero-order valence-electron chi connectivity index (χ0n) is 10.7. The molecule has 0 saturated carbocycles. The summed E-state index contributed by atoms with van der Waals surface area (Å²) in [6, 6.07) is 9.33. The predicted octanol–water partition coefficient (Wildman–Crippen LogP) is 4.42. The molecule has 0 bridgehead atoms. The smallest absolute Gasteiger partial charge is 0.283 e. The van der Waals surface area contributed by atoms with Crippen molar-refractivity contribution in [2.24, 2.45) is 0 Å². The molecule has 2 rings (SSSR count). The van der Waals surface area contributed by atoms with Gasteiger partial charge < -0.3 is 5.32 Å². The second-order valence-electron chi connectivity index (χ2n) is 4.32. The summed E-state index contributed by atoms with van der Waals surface area (Å²) < 4.78 is 13.5. The molecular formula is C14H12BrFN2O2. The van der Waals surface area contributed by atoms with Gasteiger partial charge in [-0.3, -0.25) is 10.1 Å². The van der Waals surface area contributed by atoms with Crippen LogP contribution in [0.5, 0.6) is 0 Å². The maximum Gasteiger partial charge on any atom is 0.283 e. The Kier molecular flexibility index (Phi) is 4.34. The second kappa shape index (κ2) is 6.00. The summed E-state index contributed by atoms with van der Waals surface area (Å²) >= 11 is 3.24. The molecule has 6 heteroatoms. The van der Waals surface area contributed by atoms with E-state index in [1.807, 2.05) is 0 Å². The summed E-state index contributed by atoms with van der Waals surface area (Å²) in [5, 5.41) is 14.0. The molecule has 0 aliphatic rings. The number of nitro groups is 1. The molecule has 0 saturated heterocycles. The van der Waals surface area contributed by atoms with Gasteiger partial charge in [-0.15, -0.1) is 0 Å². The minimum Gasteiger partial charge on any atom is -0.381 e. The van der Waals surface area contributed by atoms with Gasteiger partial charge in [-0.2, -0.15) is 0 Å². The number of anilines is 1. The largest absolute Gasteiger partial charge is 0.381 e. The first kappa shape index (κ1) is 14.5. The molecule has 104 valence electrons. The minimum atomic E-state index is -0.434. The Morgan fingerprint density at radius 1 is 1.35 bits per heavy atom. The van der Waals surface area contributed by atoms with Crippen molar-refractivity contribution in [2.45, 2.75) is 13.5 Å². The number of nitrogens with one attached hydrogen (secondary N) is 1. The van der Waals surface area contributed by atoms with Gasteiger partial charge in [-0.05, 0) is 52.2 Å². The lowest BCUT2D eigenvalue weighted by Crippen LogP contribution is -2.03. The Morgan fingerprint density at radius 2 is 2.10 bits per heavy atom. The molecule has 0 unspecified atom stereocenters. The summed E-state index contributed by atoms with van der Waals surface area (Å²) in [5.74, 6) is -0.287. The molecule has 1 N–H and O–H groups in total. The molecule has 20 heavy (non-hydrogen) atoms. The van der Waals surface area contributed by atoms with Crippen LogP contribution in [0.1, 0.15) is 11.1 Å². The van der Waals surface area contributed by atoms with Crippen LogP contribution in [0.15, 0.2) is 40.9 Å². The maximum absolute atomic E-state index is 13.0. The van der Waals surface area contributed by atoms with Crippen LogP contribution >= 0.6 is 15.9 Å². The molecule has 0 heterocycles. The average Bonchev–Trinajstić information content (AvgIpc) is 2.39. The van der Waals surface area contributed by atoms with Crippen molar-refractivity contribution < 1.29 is 9.31 Å². The predicted molar refractivity (Wildman–Crippen MR) is 79.3 cm³/mol. The third-order valence-electron chi connectivity index (χ3n) is 2.91. The van der Waals surface area contributed by atoms with Gasteiger partial charge in [0.15, 0.2) is 0 Å². The first-order valence-electron chi connectivity index (χ1n) is 5.91. The summed E-state index contributed by atoms with van der Waals surface area (Å²) in [5.41, 5.74) is 2.37. The lowest BCUT2D eigenvalue weighted by molar-refractivity contribution is -0.385. The van der Waals surface area contributed by atoms with Crippen LogP contribution in [-0.2, 0) is 6.54 Å². The fourth-order valence-corrected chi connectivity index (χ4v) is 2.41. The van der Waals surface area contributed by atoms with Gasteiger partial charge in [-0.1, -0.05) is 12.1 Å². The van der Waals surface area contributed by atoms with Crippen LogP contribution in [0.25, 0.3) is 0 Å². The molecule has 4 nitrogen and oxygen atoms in total. The standard InChI is InChI=1S/C14H12BrFN2O2/c1-9-7-11(16)5-6-12(9)17-8-10-3-2-4-13(14(10)15)18(19)20/h2-7,17H,8H2,1H3. The SMILES string of the molecule is Cc1cc(F)ccc1NCc1cccc([N+](=O)[O-])c1Br. The van der Waals surface area contributed by atoms with Crippen LogP contribution < -0.4 is 5.32 Å². The Balaban J connectivity index is 2.19. The van der Waals surface area contributed by atoms with Crippen LogP contribution in [0.4, 0.5) is 15.8 Å². The normalized spacial score (nSPS) is 10.3. The summed E-state index contributed by atoms with van der Waals surface area (Å²) in [7, 11) is 0. The number of aryl methyl sites for hydroxylation is 1. The van der Waals surface area contributed by atoms with Gasteiger partial charge in [0.25, 0.3) is 5.69 Å². The molecule has 0 atom stereocenters. The fourth-order valence-electron chi connectivity index (χ4n) is 1.86. The fraction of sp³-hybridized carbons (Fsp3) is 0.143. The zero-order valence-corrected chi connectivity index (χ0v) is 12.3. The molecule has 0 radical (unpaired) electrons. The lowest BCUT2D eigenvalue weighted by Gasteiger charge is -2.11. The van der Waals surface area contributed by atoms with Crippen molar-refractivity contribution in [1.82, 2.24) is 0 Å². The number of hydrogen-bond donors (Lipinski definition) is 1. The van der Waals surface area contributed by atoms with Crippen molar-refractivity contribution in [3.05, 3.63) is 67.9 Å². The first-order valence-corrected chi connectivity index (χ1v) is 6.70. The van der Waals surface area contributed by atoms with Crippen LogP contribution in [-0.4, -0.2) is 4.92 Å². The number of benzene rings is 2. The molecule has 0 aliphatic carbocycles. The van der Waals surface area contributed by atoms with Crippen molar-refractivity contribution >= 4 is 27.3 Å². The van der Waals surface area contributed by atoms with E-state index in [1.165, 1.54) is 18.2 Å². The number of hydrogen-bond acceptors (Lipinski definition) is 3. The molecule has 0 aliphatic heterocycles. The van der Waals surface area contributed by atoms with Crippen molar-refractivity contribution in [2.75, 3.05) is 5.32 Å². The molecule has 0 aromatic heterocycles.